The molecule has 2 saturated heterocycles. The molecule has 4 rings (SSSR count). The average molecular weight is 326 g/mol. The Morgan fingerprint density at radius 3 is 2.82 bits per heavy atom. The predicted molar refractivity (Wildman–Crippen MR) is 78.2 cm³/mol. The summed E-state index contributed by atoms with van der Waals surface area (Å²) in [6.45, 7) is 3.75. The van der Waals surface area contributed by atoms with Crippen LogP contribution >= 0.6 is 11.6 Å². The third-order valence-corrected chi connectivity index (χ3v) is 4.24. The first kappa shape index (κ1) is 14.1. The lowest BCUT2D eigenvalue weighted by Gasteiger charge is -2.24. The molecule has 2 aliphatic rings. The Bertz CT molecular complexity index is 721. The molecular formula is C13H16ClN5O3. The van der Waals surface area contributed by atoms with Crippen LogP contribution in [0.4, 0.5) is 5.82 Å². The minimum absolute atomic E-state index is 0.228. The van der Waals surface area contributed by atoms with E-state index in [1.54, 1.807) is 10.9 Å². The number of halogens is 1. The number of nitrogens with two attached hydrogens (primary N) is 1. The summed E-state index contributed by atoms with van der Waals surface area (Å²) in [4.78, 5) is 12.5. The van der Waals surface area contributed by atoms with Gasteiger partial charge in [0, 0.05) is 0 Å². The van der Waals surface area contributed by atoms with Gasteiger partial charge >= 0.3 is 0 Å². The van der Waals surface area contributed by atoms with Gasteiger partial charge in [-0.2, -0.15) is 0 Å². The number of aromatic nitrogens is 4. The molecule has 4 heterocycles. The van der Waals surface area contributed by atoms with E-state index in [1.165, 1.54) is 6.33 Å². The molecule has 2 fully saturated rings. The van der Waals surface area contributed by atoms with Gasteiger partial charge in [-0.05, 0) is 13.8 Å². The van der Waals surface area contributed by atoms with E-state index in [4.69, 9.17) is 31.5 Å². The van der Waals surface area contributed by atoms with Gasteiger partial charge in [-0.1, -0.05) is 0 Å². The van der Waals surface area contributed by atoms with Crippen molar-refractivity contribution in [3.05, 3.63) is 12.7 Å². The first-order chi connectivity index (χ1) is 10.5. The van der Waals surface area contributed by atoms with Gasteiger partial charge in [0.1, 0.15) is 30.2 Å². The highest BCUT2D eigenvalue weighted by Crippen LogP contribution is 2.43. The predicted octanol–water partition coefficient (Wildman–Crippen LogP) is 1.06. The third-order valence-electron chi connectivity index (χ3n) is 3.94. The van der Waals surface area contributed by atoms with E-state index in [0.29, 0.717) is 22.9 Å². The quantitative estimate of drug-likeness (QED) is 0.824. The van der Waals surface area contributed by atoms with E-state index in [9.17, 15) is 0 Å². The Morgan fingerprint density at radius 2 is 2.05 bits per heavy atom. The van der Waals surface area contributed by atoms with Crippen LogP contribution in [0.15, 0.2) is 12.7 Å². The molecule has 9 heteroatoms. The fourth-order valence-corrected chi connectivity index (χ4v) is 3.31. The Balaban J connectivity index is 1.77. The van der Waals surface area contributed by atoms with Gasteiger partial charge in [0.2, 0.25) is 0 Å². The minimum atomic E-state index is -0.675. The summed E-state index contributed by atoms with van der Waals surface area (Å²) >= 11 is 6.01. The molecule has 2 aromatic heterocycles. The molecule has 0 amide bonds. The van der Waals surface area contributed by atoms with E-state index in [-0.39, 0.29) is 18.3 Å². The molecular weight excluding hydrogens is 310 g/mol. The Labute approximate surface area is 131 Å². The topological polar surface area (TPSA) is 97.3 Å². The van der Waals surface area contributed by atoms with E-state index in [0.717, 1.165) is 0 Å². The van der Waals surface area contributed by atoms with Crippen LogP contribution in [-0.4, -0.2) is 49.5 Å². The first-order valence-corrected chi connectivity index (χ1v) is 7.54. The number of fused-ring (bicyclic) bond motifs is 2. The second-order valence-electron chi connectivity index (χ2n) is 5.87. The standard InChI is InChI=1S/C13H16ClN5O3/c1-13(2)21-8-6(3-14)20-12(9(8)22-13)19-5-18-7-10(15)16-4-17-11(7)19/h4-6,8-9,12H,3H2,1-2H3,(H2,15,16,17)/t6-,8-,9-,12-/m1/s1. The Morgan fingerprint density at radius 1 is 1.27 bits per heavy atom. The van der Waals surface area contributed by atoms with Crippen molar-refractivity contribution >= 4 is 28.6 Å². The summed E-state index contributed by atoms with van der Waals surface area (Å²) in [6, 6.07) is 0. The second-order valence-corrected chi connectivity index (χ2v) is 6.18. The summed E-state index contributed by atoms with van der Waals surface area (Å²) in [7, 11) is 0. The number of rotatable bonds is 2. The average Bonchev–Trinajstić information content (AvgIpc) is 3.10. The van der Waals surface area contributed by atoms with Crippen molar-refractivity contribution in [3.63, 3.8) is 0 Å². The maximum absolute atomic E-state index is 6.01. The van der Waals surface area contributed by atoms with E-state index in [2.05, 4.69) is 15.0 Å². The fourth-order valence-electron chi connectivity index (χ4n) is 3.06. The van der Waals surface area contributed by atoms with Gasteiger partial charge in [0.05, 0.1) is 12.2 Å². The Kier molecular flexibility index (Phi) is 3.06. The lowest BCUT2D eigenvalue weighted by atomic mass is 10.1. The first-order valence-electron chi connectivity index (χ1n) is 7.00. The van der Waals surface area contributed by atoms with Crippen molar-refractivity contribution in [3.8, 4) is 0 Å². The zero-order valence-electron chi connectivity index (χ0n) is 12.1. The van der Waals surface area contributed by atoms with Gasteiger partial charge in [0.25, 0.3) is 0 Å². The van der Waals surface area contributed by atoms with E-state index >= 15 is 0 Å². The SMILES string of the molecule is CC1(C)O[C@@H]2[C@H](O1)[C@@H](CCl)O[C@H]2n1cnc2c(N)ncnc21. The van der Waals surface area contributed by atoms with E-state index < -0.39 is 12.0 Å². The molecule has 0 unspecified atom stereocenters. The molecule has 22 heavy (non-hydrogen) atoms. The summed E-state index contributed by atoms with van der Waals surface area (Å²) < 4.78 is 19.7. The van der Waals surface area contributed by atoms with Crippen LogP contribution in [0.2, 0.25) is 0 Å². The van der Waals surface area contributed by atoms with Crippen LogP contribution in [0.3, 0.4) is 0 Å². The van der Waals surface area contributed by atoms with Crippen LogP contribution in [-0.2, 0) is 14.2 Å². The monoisotopic (exact) mass is 325 g/mol. The number of alkyl halides is 1. The smallest absolute Gasteiger partial charge is 0.167 e. The van der Waals surface area contributed by atoms with Gasteiger partial charge in [-0.25, -0.2) is 15.0 Å². The molecule has 8 nitrogen and oxygen atoms in total. The van der Waals surface area contributed by atoms with Crippen molar-refractivity contribution in [2.24, 2.45) is 0 Å². The van der Waals surface area contributed by atoms with Gasteiger partial charge < -0.3 is 19.9 Å². The molecule has 0 saturated carbocycles. The van der Waals surface area contributed by atoms with Crippen LogP contribution in [0, 0.1) is 0 Å². The summed E-state index contributed by atoms with van der Waals surface area (Å²) in [5.74, 6) is -0.0245. The zero-order valence-corrected chi connectivity index (χ0v) is 12.9. The van der Waals surface area contributed by atoms with Crippen LogP contribution < -0.4 is 5.73 Å². The molecule has 0 bridgehead atoms. The largest absolute Gasteiger partial charge is 0.382 e. The minimum Gasteiger partial charge on any atom is -0.382 e. The van der Waals surface area contributed by atoms with Crippen LogP contribution in [0.5, 0.6) is 0 Å². The van der Waals surface area contributed by atoms with Gasteiger partial charge in [0.15, 0.2) is 23.5 Å². The van der Waals surface area contributed by atoms with Crippen molar-refractivity contribution in [2.75, 3.05) is 11.6 Å². The van der Waals surface area contributed by atoms with Crippen molar-refractivity contribution in [1.82, 2.24) is 19.5 Å². The van der Waals surface area contributed by atoms with Crippen molar-refractivity contribution < 1.29 is 14.2 Å². The molecule has 0 radical (unpaired) electrons. The lowest BCUT2D eigenvalue weighted by molar-refractivity contribution is -0.193. The fraction of sp³-hybridized carbons (Fsp3) is 0.615. The number of nitrogen functional groups attached to an aromatic ring is 1. The van der Waals surface area contributed by atoms with Crippen LogP contribution in [0.1, 0.15) is 20.1 Å². The number of anilines is 1. The lowest BCUT2D eigenvalue weighted by Crippen LogP contribution is -2.30. The van der Waals surface area contributed by atoms with Crippen LogP contribution in [0.25, 0.3) is 11.2 Å². The highest BCUT2D eigenvalue weighted by Gasteiger charge is 2.55. The number of nitrogens with zero attached hydrogens (tertiary/aromatic N) is 4. The molecule has 0 aliphatic carbocycles. The molecule has 0 spiro atoms. The molecule has 0 aromatic carbocycles. The highest BCUT2D eigenvalue weighted by molar-refractivity contribution is 6.18. The molecule has 4 atom stereocenters. The second kappa shape index (κ2) is 4.76. The summed E-state index contributed by atoms with van der Waals surface area (Å²) in [5.41, 5.74) is 6.96. The van der Waals surface area contributed by atoms with Gasteiger partial charge in [-0.3, -0.25) is 4.57 Å². The molecule has 2 aliphatic heterocycles. The highest BCUT2D eigenvalue weighted by atomic mass is 35.5. The maximum Gasteiger partial charge on any atom is 0.167 e. The third kappa shape index (κ3) is 1.98. The number of hydrogen-bond donors (Lipinski definition) is 1. The number of imidazole rings is 1. The van der Waals surface area contributed by atoms with Gasteiger partial charge in [-0.15, -0.1) is 11.6 Å². The zero-order chi connectivity index (χ0) is 15.5. The summed E-state index contributed by atoms with van der Waals surface area (Å²) in [6.07, 6.45) is 1.84. The molecule has 118 valence electrons. The van der Waals surface area contributed by atoms with Crippen molar-refractivity contribution in [1.29, 1.82) is 0 Å². The maximum atomic E-state index is 6.01. The van der Waals surface area contributed by atoms with Crippen molar-refractivity contribution in [2.45, 2.75) is 44.2 Å². The Hall–Kier alpha value is -1.48. The summed E-state index contributed by atoms with van der Waals surface area (Å²) in [5, 5.41) is 0. The number of hydrogen-bond acceptors (Lipinski definition) is 7. The normalized spacial score (nSPS) is 33.4. The van der Waals surface area contributed by atoms with E-state index in [1.807, 2.05) is 13.8 Å². The number of ether oxygens (including phenoxy) is 3. The molecule has 2 aromatic rings. The molecule has 2 N–H and O–H groups in total.